The number of carbonyl (C=O) groups is 2. The van der Waals surface area contributed by atoms with Gasteiger partial charge in [-0.3, -0.25) is 9.59 Å². The van der Waals surface area contributed by atoms with Crippen LogP contribution < -0.4 is 15.8 Å². The van der Waals surface area contributed by atoms with Crippen molar-refractivity contribution >= 4 is 23.1 Å². The second-order valence-corrected chi connectivity index (χ2v) is 6.55. The molecule has 3 N–H and O–H groups in total. The Morgan fingerprint density at radius 1 is 0.929 bits per heavy atom. The molecule has 5 nitrogen and oxygen atoms in total. The molecular formula is C23H22N2O3. The Hall–Kier alpha value is -3.60. The third-order valence-corrected chi connectivity index (χ3v) is 4.42. The molecule has 0 saturated carbocycles. The SMILES string of the molecule is Cc1cc(C(=O)c2ccccc2C)ccc1OCC(=O)Nc1ccccc1N. The molecule has 0 bridgehead atoms. The van der Waals surface area contributed by atoms with Crippen LogP contribution in [0.4, 0.5) is 11.4 Å². The van der Waals surface area contributed by atoms with Crippen LogP contribution in [0.1, 0.15) is 27.0 Å². The van der Waals surface area contributed by atoms with Crippen molar-refractivity contribution in [1.82, 2.24) is 0 Å². The van der Waals surface area contributed by atoms with Gasteiger partial charge < -0.3 is 15.8 Å². The summed E-state index contributed by atoms with van der Waals surface area (Å²) in [7, 11) is 0. The summed E-state index contributed by atoms with van der Waals surface area (Å²) >= 11 is 0. The molecule has 28 heavy (non-hydrogen) atoms. The van der Waals surface area contributed by atoms with E-state index in [4.69, 9.17) is 10.5 Å². The summed E-state index contributed by atoms with van der Waals surface area (Å²) in [5.74, 6) is 0.208. The van der Waals surface area contributed by atoms with Gasteiger partial charge in [0.25, 0.3) is 5.91 Å². The number of rotatable bonds is 6. The van der Waals surface area contributed by atoms with Crippen LogP contribution in [0.5, 0.6) is 5.75 Å². The van der Waals surface area contributed by atoms with Crippen molar-refractivity contribution in [2.45, 2.75) is 13.8 Å². The normalized spacial score (nSPS) is 10.4. The van der Waals surface area contributed by atoms with Crippen LogP contribution in [0, 0.1) is 13.8 Å². The molecule has 0 aromatic heterocycles. The number of nitrogen functional groups attached to an aromatic ring is 1. The maximum atomic E-state index is 12.7. The van der Waals surface area contributed by atoms with Crippen LogP contribution in [0.2, 0.25) is 0 Å². The van der Waals surface area contributed by atoms with Crippen molar-refractivity contribution < 1.29 is 14.3 Å². The van der Waals surface area contributed by atoms with E-state index >= 15 is 0 Å². The van der Waals surface area contributed by atoms with E-state index in [0.29, 0.717) is 28.3 Å². The van der Waals surface area contributed by atoms with E-state index in [1.807, 2.05) is 38.1 Å². The van der Waals surface area contributed by atoms with Gasteiger partial charge in [0, 0.05) is 11.1 Å². The van der Waals surface area contributed by atoms with Gasteiger partial charge in [0.05, 0.1) is 11.4 Å². The summed E-state index contributed by atoms with van der Waals surface area (Å²) in [6, 6.07) is 19.7. The molecular weight excluding hydrogens is 352 g/mol. The summed E-state index contributed by atoms with van der Waals surface area (Å²) in [5, 5.41) is 2.71. The third-order valence-electron chi connectivity index (χ3n) is 4.42. The Labute approximate surface area is 164 Å². The number of anilines is 2. The van der Waals surface area contributed by atoms with Crippen LogP contribution in [-0.4, -0.2) is 18.3 Å². The first-order valence-electron chi connectivity index (χ1n) is 8.94. The average molecular weight is 374 g/mol. The lowest BCUT2D eigenvalue weighted by atomic mass is 9.98. The Morgan fingerprint density at radius 3 is 2.36 bits per heavy atom. The first kappa shape index (κ1) is 19.2. The van der Waals surface area contributed by atoms with E-state index in [1.165, 1.54) is 0 Å². The molecule has 0 spiro atoms. The topological polar surface area (TPSA) is 81.4 Å². The predicted octanol–water partition coefficient (Wildman–Crippen LogP) is 4.13. The van der Waals surface area contributed by atoms with Gasteiger partial charge in [-0.15, -0.1) is 0 Å². The van der Waals surface area contributed by atoms with Gasteiger partial charge in [0.1, 0.15) is 5.75 Å². The maximum absolute atomic E-state index is 12.7. The number of ketones is 1. The number of hydrogen-bond acceptors (Lipinski definition) is 4. The van der Waals surface area contributed by atoms with Crippen LogP contribution in [0.3, 0.4) is 0 Å². The monoisotopic (exact) mass is 374 g/mol. The molecule has 142 valence electrons. The van der Waals surface area contributed by atoms with Crippen molar-refractivity contribution in [3.63, 3.8) is 0 Å². The molecule has 3 aromatic rings. The first-order chi connectivity index (χ1) is 13.5. The summed E-state index contributed by atoms with van der Waals surface area (Å²) in [6.45, 7) is 3.60. The number of hydrogen-bond donors (Lipinski definition) is 2. The molecule has 0 aliphatic carbocycles. The fourth-order valence-corrected chi connectivity index (χ4v) is 2.88. The lowest BCUT2D eigenvalue weighted by molar-refractivity contribution is -0.118. The molecule has 1 amide bonds. The molecule has 3 rings (SSSR count). The van der Waals surface area contributed by atoms with E-state index in [-0.39, 0.29) is 18.3 Å². The van der Waals surface area contributed by atoms with E-state index in [2.05, 4.69) is 5.32 Å². The van der Waals surface area contributed by atoms with Gasteiger partial charge in [0.15, 0.2) is 12.4 Å². The minimum Gasteiger partial charge on any atom is -0.483 e. The summed E-state index contributed by atoms with van der Waals surface area (Å²) < 4.78 is 5.61. The maximum Gasteiger partial charge on any atom is 0.262 e. The number of benzene rings is 3. The fraction of sp³-hybridized carbons (Fsp3) is 0.130. The Balaban J connectivity index is 1.66. The number of ether oxygens (including phenoxy) is 1. The molecule has 0 saturated heterocycles. The second kappa shape index (κ2) is 8.39. The van der Waals surface area contributed by atoms with Crippen molar-refractivity contribution in [2.75, 3.05) is 17.7 Å². The third kappa shape index (κ3) is 4.38. The lowest BCUT2D eigenvalue weighted by Gasteiger charge is -2.12. The standard InChI is InChI=1S/C23H22N2O3/c1-15-7-3-4-8-18(15)23(27)17-11-12-21(16(2)13-17)28-14-22(26)25-20-10-6-5-9-19(20)24/h3-13H,14,24H2,1-2H3,(H,25,26). The fourth-order valence-electron chi connectivity index (χ4n) is 2.88. The number of nitrogens with two attached hydrogens (primary N) is 1. The highest BCUT2D eigenvalue weighted by Gasteiger charge is 2.13. The smallest absolute Gasteiger partial charge is 0.262 e. The van der Waals surface area contributed by atoms with Crippen LogP contribution in [0.25, 0.3) is 0 Å². The molecule has 0 heterocycles. The largest absolute Gasteiger partial charge is 0.483 e. The van der Waals surface area contributed by atoms with E-state index < -0.39 is 0 Å². The minimum absolute atomic E-state index is 0.0370. The quantitative estimate of drug-likeness (QED) is 0.502. The van der Waals surface area contributed by atoms with E-state index in [1.54, 1.807) is 42.5 Å². The molecule has 5 heteroatoms. The Bertz CT molecular complexity index is 1030. The summed E-state index contributed by atoms with van der Waals surface area (Å²) in [4.78, 5) is 24.8. The highest BCUT2D eigenvalue weighted by molar-refractivity contribution is 6.10. The second-order valence-electron chi connectivity index (χ2n) is 6.55. The zero-order valence-corrected chi connectivity index (χ0v) is 15.9. The number of amides is 1. The van der Waals surface area contributed by atoms with Crippen LogP contribution in [0.15, 0.2) is 66.7 Å². The number of nitrogens with one attached hydrogen (secondary N) is 1. The van der Waals surface area contributed by atoms with Gasteiger partial charge in [-0.05, 0) is 55.3 Å². The van der Waals surface area contributed by atoms with E-state index in [0.717, 1.165) is 11.1 Å². The van der Waals surface area contributed by atoms with E-state index in [9.17, 15) is 9.59 Å². The van der Waals surface area contributed by atoms with Gasteiger partial charge in [-0.2, -0.15) is 0 Å². The molecule has 0 aliphatic rings. The summed E-state index contributed by atoms with van der Waals surface area (Å²) in [6.07, 6.45) is 0. The van der Waals surface area contributed by atoms with Gasteiger partial charge in [-0.1, -0.05) is 36.4 Å². The van der Waals surface area contributed by atoms with Gasteiger partial charge in [-0.25, -0.2) is 0 Å². The molecule has 0 aliphatic heterocycles. The Kier molecular flexibility index (Phi) is 5.75. The van der Waals surface area contributed by atoms with Crippen molar-refractivity contribution in [2.24, 2.45) is 0 Å². The lowest BCUT2D eigenvalue weighted by Crippen LogP contribution is -2.21. The van der Waals surface area contributed by atoms with Crippen molar-refractivity contribution in [1.29, 1.82) is 0 Å². The van der Waals surface area contributed by atoms with Crippen LogP contribution in [-0.2, 0) is 4.79 Å². The Morgan fingerprint density at radius 2 is 1.64 bits per heavy atom. The zero-order chi connectivity index (χ0) is 20.1. The highest BCUT2D eigenvalue weighted by Crippen LogP contribution is 2.22. The molecule has 0 fully saturated rings. The molecule has 0 radical (unpaired) electrons. The van der Waals surface area contributed by atoms with Crippen molar-refractivity contribution in [3.05, 3.63) is 89.0 Å². The number of aryl methyl sites for hydroxylation is 2. The molecule has 3 aromatic carbocycles. The number of para-hydroxylation sites is 2. The van der Waals surface area contributed by atoms with Crippen molar-refractivity contribution in [3.8, 4) is 5.75 Å². The highest BCUT2D eigenvalue weighted by atomic mass is 16.5. The minimum atomic E-state index is -0.308. The number of carbonyl (C=O) groups excluding carboxylic acids is 2. The van der Waals surface area contributed by atoms with Crippen LogP contribution >= 0.6 is 0 Å². The van der Waals surface area contributed by atoms with Gasteiger partial charge in [0.2, 0.25) is 0 Å². The zero-order valence-electron chi connectivity index (χ0n) is 15.9. The van der Waals surface area contributed by atoms with Gasteiger partial charge >= 0.3 is 0 Å². The first-order valence-corrected chi connectivity index (χ1v) is 8.94. The summed E-state index contributed by atoms with van der Waals surface area (Å²) in [5.41, 5.74) is 9.83. The average Bonchev–Trinajstić information content (AvgIpc) is 2.68. The predicted molar refractivity (Wildman–Crippen MR) is 111 cm³/mol. The molecule has 0 atom stereocenters. The molecule has 0 unspecified atom stereocenters.